The summed E-state index contributed by atoms with van der Waals surface area (Å²) in [6.45, 7) is 10.9. The summed E-state index contributed by atoms with van der Waals surface area (Å²) >= 11 is 1.44. The SMILES string of the molecule is [C-]#[N+]c1ccc(-c2ccc(O[C@@H]3COC[C@@H]3NS(=O)(=O)C(C)C)cc2)s1. The van der Waals surface area contributed by atoms with Gasteiger partial charge in [-0.2, -0.15) is 11.3 Å². The maximum absolute atomic E-state index is 12.1. The zero-order valence-electron chi connectivity index (χ0n) is 14.5. The lowest BCUT2D eigenvalue weighted by molar-refractivity contribution is 0.140. The highest BCUT2D eigenvalue weighted by atomic mass is 32.2. The molecule has 6 nitrogen and oxygen atoms in total. The molecule has 0 amide bonds. The Labute approximate surface area is 157 Å². The second-order valence-corrected chi connectivity index (χ2v) is 9.62. The first-order valence-electron chi connectivity index (χ1n) is 8.22. The molecular formula is C18H20N2O4S2. The minimum absolute atomic E-state index is 0.295. The normalized spacial score (nSPS) is 20.2. The van der Waals surface area contributed by atoms with E-state index in [0.29, 0.717) is 24.0 Å². The van der Waals surface area contributed by atoms with Crippen molar-refractivity contribution in [3.05, 3.63) is 47.8 Å². The summed E-state index contributed by atoms with van der Waals surface area (Å²) in [7, 11) is -3.38. The number of nitrogens with one attached hydrogen (secondary N) is 1. The lowest BCUT2D eigenvalue weighted by Gasteiger charge is -2.21. The maximum Gasteiger partial charge on any atom is 0.241 e. The number of sulfonamides is 1. The van der Waals surface area contributed by atoms with Gasteiger partial charge in [0, 0.05) is 4.88 Å². The third-order valence-electron chi connectivity index (χ3n) is 4.09. The zero-order valence-corrected chi connectivity index (χ0v) is 16.1. The van der Waals surface area contributed by atoms with Crippen LogP contribution in [-0.4, -0.2) is 39.0 Å². The molecule has 1 saturated heterocycles. The van der Waals surface area contributed by atoms with Gasteiger partial charge in [0.15, 0.2) is 0 Å². The number of hydrogen-bond donors (Lipinski definition) is 1. The number of benzene rings is 1. The van der Waals surface area contributed by atoms with Gasteiger partial charge < -0.3 is 9.47 Å². The molecule has 0 saturated carbocycles. The molecule has 8 heteroatoms. The van der Waals surface area contributed by atoms with E-state index in [1.165, 1.54) is 11.3 Å². The number of rotatable bonds is 6. The molecule has 2 atom stereocenters. The second kappa shape index (κ2) is 7.76. The molecule has 2 aromatic rings. The number of ether oxygens (including phenoxy) is 2. The highest BCUT2D eigenvalue weighted by molar-refractivity contribution is 7.90. The fourth-order valence-electron chi connectivity index (χ4n) is 2.52. The van der Waals surface area contributed by atoms with Gasteiger partial charge in [0.25, 0.3) is 0 Å². The summed E-state index contributed by atoms with van der Waals surface area (Å²) in [5.41, 5.74) is 1.01. The minimum Gasteiger partial charge on any atom is -0.486 e. The Kier molecular flexibility index (Phi) is 5.63. The van der Waals surface area contributed by atoms with Crippen LogP contribution in [0.2, 0.25) is 0 Å². The number of hydrogen-bond acceptors (Lipinski definition) is 5. The molecule has 138 valence electrons. The monoisotopic (exact) mass is 392 g/mol. The van der Waals surface area contributed by atoms with E-state index in [2.05, 4.69) is 9.57 Å². The first-order chi connectivity index (χ1) is 12.4. The average molecular weight is 393 g/mol. The van der Waals surface area contributed by atoms with Crippen LogP contribution in [0.15, 0.2) is 36.4 Å². The second-order valence-electron chi connectivity index (χ2n) is 6.29. The van der Waals surface area contributed by atoms with E-state index in [4.69, 9.17) is 16.0 Å². The Morgan fingerprint density at radius 2 is 1.96 bits per heavy atom. The largest absolute Gasteiger partial charge is 0.486 e. The summed E-state index contributed by atoms with van der Waals surface area (Å²) in [4.78, 5) is 4.45. The predicted molar refractivity (Wildman–Crippen MR) is 102 cm³/mol. The summed E-state index contributed by atoms with van der Waals surface area (Å²) < 4.78 is 38.1. The molecule has 1 aliphatic heterocycles. The predicted octanol–water partition coefficient (Wildman–Crippen LogP) is 3.44. The van der Waals surface area contributed by atoms with Gasteiger partial charge in [-0.15, -0.1) is 0 Å². The van der Waals surface area contributed by atoms with Crippen molar-refractivity contribution in [1.82, 2.24) is 4.72 Å². The van der Waals surface area contributed by atoms with Gasteiger partial charge >= 0.3 is 0 Å². The molecular weight excluding hydrogens is 372 g/mol. The number of thiophene rings is 1. The lowest BCUT2D eigenvalue weighted by Crippen LogP contribution is -2.47. The van der Waals surface area contributed by atoms with Crippen LogP contribution in [0.1, 0.15) is 13.8 Å². The molecule has 1 fully saturated rings. The van der Waals surface area contributed by atoms with E-state index in [1.807, 2.05) is 30.3 Å². The average Bonchev–Trinajstić information content (AvgIpc) is 3.25. The van der Waals surface area contributed by atoms with Crippen molar-refractivity contribution in [2.75, 3.05) is 13.2 Å². The molecule has 1 N–H and O–H groups in total. The van der Waals surface area contributed by atoms with Crippen molar-refractivity contribution < 1.29 is 17.9 Å². The summed E-state index contributed by atoms with van der Waals surface area (Å²) in [5, 5.41) is 0.151. The molecule has 26 heavy (non-hydrogen) atoms. The molecule has 0 spiro atoms. The molecule has 0 radical (unpaired) electrons. The quantitative estimate of drug-likeness (QED) is 0.765. The van der Waals surface area contributed by atoms with Crippen LogP contribution in [0.3, 0.4) is 0 Å². The van der Waals surface area contributed by atoms with Crippen LogP contribution >= 0.6 is 11.3 Å². The van der Waals surface area contributed by atoms with Crippen LogP contribution < -0.4 is 9.46 Å². The van der Waals surface area contributed by atoms with Gasteiger partial charge in [0.1, 0.15) is 11.9 Å². The van der Waals surface area contributed by atoms with Gasteiger partial charge in [-0.3, -0.25) is 0 Å². The van der Waals surface area contributed by atoms with Crippen molar-refractivity contribution >= 4 is 26.4 Å². The van der Waals surface area contributed by atoms with Crippen LogP contribution in [0.4, 0.5) is 5.00 Å². The molecule has 1 aliphatic rings. The van der Waals surface area contributed by atoms with E-state index >= 15 is 0 Å². The van der Waals surface area contributed by atoms with E-state index in [-0.39, 0.29) is 6.10 Å². The fraction of sp³-hybridized carbons (Fsp3) is 0.389. The van der Waals surface area contributed by atoms with Crippen LogP contribution in [0.25, 0.3) is 15.3 Å². The maximum atomic E-state index is 12.1. The van der Waals surface area contributed by atoms with Crippen molar-refractivity contribution in [2.45, 2.75) is 31.2 Å². The van der Waals surface area contributed by atoms with Crippen LogP contribution in [0, 0.1) is 6.57 Å². The first-order valence-corrected chi connectivity index (χ1v) is 10.6. The number of nitrogens with zero attached hydrogens (tertiary/aromatic N) is 1. The smallest absolute Gasteiger partial charge is 0.241 e. The van der Waals surface area contributed by atoms with Crippen molar-refractivity contribution in [2.24, 2.45) is 0 Å². The third-order valence-corrected chi connectivity index (χ3v) is 6.99. The molecule has 0 bridgehead atoms. The highest BCUT2D eigenvalue weighted by Crippen LogP contribution is 2.34. The summed E-state index contributed by atoms with van der Waals surface area (Å²) in [6, 6.07) is 10.9. The van der Waals surface area contributed by atoms with Gasteiger partial charge in [0.2, 0.25) is 15.0 Å². The Hall–Kier alpha value is -1.92. The Balaban J connectivity index is 1.67. The van der Waals surface area contributed by atoms with Crippen molar-refractivity contribution in [3.8, 4) is 16.2 Å². The lowest BCUT2D eigenvalue weighted by atomic mass is 10.2. The third kappa shape index (κ3) is 4.24. The molecule has 3 rings (SSSR count). The summed E-state index contributed by atoms with van der Waals surface area (Å²) in [6.07, 6.45) is -0.371. The van der Waals surface area contributed by atoms with Crippen LogP contribution in [-0.2, 0) is 14.8 Å². The molecule has 1 aromatic carbocycles. The van der Waals surface area contributed by atoms with E-state index in [0.717, 1.165) is 10.4 Å². The van der Waals surface area contributed by atoms with E-state index < -0.39 is 21.3 Å². The first kappa shape index (κ1) is 18.9. The van der Waals surface area contributed by atoms with Crippen LogP contribution in [0.5, 0.6) is 5.75 Å². The van der Waals surface area contributed by atoms with Crippen molar-refractivity contribution in [3.63, 3.8) is 0 Å². The van der Waals surface area contributed by atoms with E-state index in [9.17, 15) is 8.42 Å². The summed E-state index contributed by atoms with van der Waals surface area (Å²) in [5.74, 6) is 0.653. The Morgan fingerprint density at radius 3 is 2.58 bits per heavy atom. The Morgan fingerprint density at radius 1 is 1.23 bits per heavy atom. The molecule has 0 unspecified atom stereocenters. The van der Waals surface area contributed by atoms with Gasteiger partial charge in [-0.05, 0) is 49.7 Å². The molecule has 1 aromatic heterocycles. The van der Waals surface area contributed by atoms with Gasteiger partial charge in [-0.1, -0.05) is 6.07 Å². The minimum atomic E-state index is -3.38. The highest BCUT2D eigenvalue weighted by Gasteiger charge is 2.34. The van der Waals surface area contributed by atoms with Gasteiger partial charge in [0.05, 0.1) is 31.1 Å². The Bertz CT molecular complexity index is 898. The van der Waals surface area contributed by atoms with Crippen molar-refractivity contribution in [1.29, 1.82) is 0 Å². The standard InChI is InChI=1S/C18H20N2O4S2/c1-12(2)26(21,22)20-15-10-23-11-16(15)24-14-6-4-13(5-7-14)17-8-9-18(19-3)25-17/h4-9,12,15-16,20H,10-11H2,1-2H3/t15-,16+/m0/s1. The van der Waals surface area contributed by atoms with E-state index in [1.54, 1.807) is 19.9 Å². The zero-order chi connectivity index (χ0) is 18.7. The molecule has 2 heterocycles. The topological polar surface area (TPSA) is 69.0 Å². The fourth-order valence-corrected chi connectivity index (χ4v) is 4.23. The van der Waals surface area contributed by atoms with Gasteiger partial charge in [-0.25, -0.2) is 18.0 Å². The molecule has 0 aliphatic carbocycles.